The Hall–Kier alpha value is -2.13. The molecule has 1 aromatic heterocycles. The minimum atomic E-state index is 0.861. The molecule has 0 bridgehead atoms. The molecule has 3 heteroatoms. The first-order valence-corrected chi connectivity index (χ1v) is 8.53. The second-order valence-electron chi connectivity index (χ2n) is 5.55. The zero-order valence-electron chi connectivity index (χ0n) is 12.3. The monoisotopic (exact) mass is 289 g/mol. The molecule has 0 saturated carbocycles. The van der Waals surface area contributed by atoms with Crippen LogP contribution in [0, 0.1) is 6.92 Å². The maximum Gasteiger partial charge on any atom is 0.294 e. The molecule has 0 aliphatic carbocycles. The van der Waals surface area contributed by atoms with Gasteiger partial charge in [0, 0.05) is 5.56 Å². The van der Waals surface area contributed by atoms with E-state index in [9.17, 15) is 0 Å². The smallest absolute Gasteiger partial charge is 0.225 e. The van der Waals surface area contributed by atoms with Gasteiger partial charge in [-0.15, -0.1) is 0 Å². The summed E-state index contributed by atoms with van der Waals surface area (Å²) in [6, 6.07) is 16.4. The van der Waals surface area contributed by atoms with Gasteiger partial charge in [0.1, 0.15) is 0 Å². The van der Waals surface area contributed by atoms with Crippen LogP contribution < -0.4 is 4.57 Å². The zero-order chi connectivity index (χ0) is 14.4. The maximum atomic E-state index is 2.37. The Morgan fingerprint density at radius 3 is 2.81 bits per heavy atom. The second-order valence-corrected chi connectivity index (χ2v) is 6.64. The van der Waals surface area contributed by atoms with Gasteiger partial charge >= 0.3 is 0 Å². The fourth-order valence-electron chi connectivity index (χ4n) is 3.23. The molecule has 3 aromatic rings. The van der Waals surface area contributed by atoms with Gasteiger partial charge in [-0.3, -0.25) is 0 Å². The van der Waals surface area contributed by atoms with Crippen molar-refractivity contribution in [3.8, 4) is 11.4 Å². The number of hydrogen-bond acceptors (Lipinski definition) is 0. The summed E-state index contributed by atoms with van der Waals surface area (Å²) in [6.45, 7) is 2.18. The van der Waals surface area contributed by atoms with Crippen molar-refractivity contribution in [2.24, 2.45) is 7.05 Å². The van der Waals surface area contributed by atoms with Gasteiger partial charge in [0.15, 0.2) is 11.0 Å². The lowest BCUT2D eigenvalue weighted by Gasteiger charge is -2.03. The highest BCUT2D eigenvalue weighted by Gasteiger charge is 2.26. The summed E-state index contributed by atoms with van der Waals surface area (Å²) in [5.41, 5.74) is 9.04. The van der Waals surface area contributed by atoms with E-state index in [0.29, 0.717) is 0 Å². The molecule has 0 unspecified atom stereocenters. The number of imidazole rings is 1. The molecule has 0 N–H and O–H groups in total. The Kier molecular flexibility index (Phi) is 2.82. The quantitative estimate of drug-likeness (QED) is 0.481. The van der Waals surface area contributed by atoms with E-state index in [1.54, 1.807) is 0 Å². The van der Waals surface area contributed by atoms with Gasteiger partial charge in [0.2, 0.25) is 0 Å². The van der Waals surface area contributed by atoms with Crippen molar-refractivity contribution in [3.63, 3.8) is 0 Å². The molecular formula is C18H17N2Si+. The van der Waals surface area contributed by atoms with Gasteiger partial charge in [-0.1, -0.05) is 36.0 Å². The first-order chi connectivity index (χ1) is 10.3. The predicted molar refractivity (Wildman–Crippen MR) is 88.1 cm³/mol. The number of nitrogens with zero attached hydrogens (tertiary/aromatic N) is 2. The average molecular weight is 289 g/mol. The van der Waals surface area contributed by atoms with E-state index in [2.05, 4.69) is 77.5 Å². The van der Waals surface area contributed by atoms with E-state index < -0.39 is 0 Å². The Bertz CT molecular complexity index is 874. The first-order valence-electron chi connectivity index (χ1n) is 7.25. The molecule has 0 saturated heterocycles. The molecule has 21 heavy (non-hydrogen) atoms. The Balaban J connectivity index is 2.17. The highest BCUT2D eigenvalue weighted by Crippen LogP contribution is 2.27. The van der Waals surface area contributed by atoms with E-state index in [1.165, 1.54) is 33.5 Å². The first kappa shape index (κ1) is 12.6. The number of aryl methyl sites for hydroxylation is 2. The molecule has 0 spiro atoms. The fraction of sp³-hybridized carbons (Fsp3) is 0.167. The predicted octanol–water partition coefficient (Wildman–Crippen LogP) is 3.09. The van der Waals surface area contributed by atoms with E-state index in [0.717, 1.165) is 15.6 Å². The van der Waals surface area contributed by atoms with Crippen molar-refractivity contribution in [1.82, 2.24) is 4.57 Å². The molecule has 0 atom stereocenters. The SMILES string of the molecule is Cc1ccccc1-c1n(C)c2cccc3c2[n+]1C=C[Si]C3. The standard InChI is InChI=1S/C18H17N2Si/c1-13-6-3-4-8-15(13)18-19(2)16-9-5-7-14-12-21-11-10-20(18)17(14)16/h3-11H,12H2,1-2H3/q+1. The molecule has 2 heterocycles. The third kappa shape index (κ3) is 1.81. The Morgan fingerprint density at radius 1 is 1.10 bits per heavy atom. The number of rotatable bonds is 1. The zero-order valence-corrected chi connectivity index (χ0v) is 13.3. The van der Waals surface area contributed by atoms with Crippen LogP contribution in [-0.4, -0.2) is 14.1 Å². The van der Waals surface area contributed by atoms with Crippen LogP contribution >= 0.6 is 0 Å². The molecule has 0 amide bonds. The Labute approximate surface area is 127 Å². The van der Waals surface area contributed by atoms with Crippen LogP contribution in [-0.2, 0) is 13.1 Å². The molecule has 2 radical (unpaired) electrons. The van der Waals surface area contributed by atoms with Crippen molar-refractivity contribution < 1.29 is 4.57 Å². The van der Waals surface area contributed by atoms with Crippen LogP contribution in [0.4, 0.5) is 0 Å². The van der Waals surface area contributed by atoms with E-state index >= 15 is 0 Å². The van der Waals surface area contributed by atoms with Gasteiger partial charge in [0.05, 0.1) is 28.3 Å². The topological polar surface area (TPSA) is 8.81 Å². The summed E-state index contributed by atoms with van der Waals surface area (Å²) in [5, 5.41) is 0. The van der Waals surface area contributed by atoms with Crippen molar-refractivity contribution in [2.75, 3.05) is 0 Å². The lowest BCUT2D eigenvalue weighted by Crippen LogP contribution is -2.28. The summed E-state index contributed by atoms with van der Waals surface area (Å²) in [4.78, 5) is 0. The van der Waals surface area contributed by atoms with Crippen LogP contribution in [0.3, 0.4) is 0 Å². The molecule has 102 valence electrons. The molecule has 0 fully saturated rings. The van der Waals surface area contributed by atoms with E-state index in [-0.39, 0.29) is 0 Å². The summed E-state index contributed by atoms with van der Waals surface area (Å²) < 4.78 is 4.69. The molecular weight excluding hydrogens is 272 g/mol. The molecule has 4 rings (SSSR count). The van der Waals surface area contributed by atoms with Gasteiger partial charge in [-0.05, 0) is 30.7 Å². The summed E-state index contributed by atoms with van der Waals surface area (Å²) >= 11 is 0. The summed E-state index contributed by atoms with van der Waals surface area (Å²) in [7, 11) is 3.03. The van der Waals surface area contributed by atoms with Crippen LogP contribution in [0.1, 0.15) is 11.1 Å². The van der Waals surface area contributed by atoms with Crippen LogP contribution in [0.5, 0.6) is 0 Å². The highest BCUT2D eigenvalue weighted by atomic mass is 28.2. The van der Waals surface area contributed by atoms with Crippen LogP contribution in [0.2, 0.25) is 0 Å². The second kappa shape index (κ2) is 4.71. The Morgan fingerprint density at radius 2 is 1.95 bits per heavy atom. The minimum Gasteiger partial charge on any atom is -0.225 e. The average Bonchev–Trinajstić information content (AvgIpc) is 2.66. The fourth-order valence-corrected chi connectivity index (χ4v) is 4.10. The van der Waals surface area contributed by atoms with Crippen molar-refractivity contribution in [1.29, 1.82) is 0 Å². The van der Waals surface area contributed by atoms with Gasteiger partial charge < -0.3 is 0 Å². The molecule has 2 aromatic carbocycles. The van der Waals surface area contributed by atoms with Crippen molar-refractivity contribution in [3.05, 3.63) is 59.3 Å². The van der Waals surface area contributed by atoms with Gasteiger partial charge in [-0.25, -0.2) is 4.57 Å². The van der Waals surface area contributed by atoms with Crippen molar-refractivity contribution in [2.45, 2.75) is 13.0 Å². The summed E-state index contributed by atoms with van der Waals surface area (Å²) in [5.74, 6) is 1.26. The van der Waals surface area contributed by atoms with Crippen molar-refractivity contribution >= 4 is 26.8 Å². The van der Waals surface area contributed by atoms with Gasteiger partial charge in [-0.2, -0.15) is 4.57 Å². The lowest BCUT2D eigenvalue weighted by atomic mass is 10.1. The third-order valence-corrected chi connectivity index (χ3v) is 5.24. The largest absolute Gasteiger partial charge is 0.294 e. The number of hydrogen-bond donors (Lipinski definition) is 0. The molecule has 2 nitrogen and oxygen atoms in total. The van der Waals surface area contributed by atoms with Gasteiger partial charge in [0.25, 0.3) is 5.82 Å². The van der Waals surface area contributed by atoms with Crippen LogP contribution in [0.25, 0.3) is 28.6 Å². The highest BCUT2D eigenvalue weighted by molar-refractivity contribution is 6.42. The van der Waals surface area contributed by atoms with Crippen LogP contribution in [0.15, 0.2) is 48.2 Å². The number of para-hydroxylation sites is 1. The lowest BCUT2D eigenvalue weighted by molar-refractivity contribution is -0.527. The normalized spacial score (nSPS) is 13.6. The number of benzene rings is 2. The third-order valence-electron chi connectivity index (χ3n) is 4.27. The molecule has 1 aliphatic heterocycles. The molecule has 1 aliphatic rings. The number of aromatic nitrogens is 2. The van der Waals surface area contributed by atoms with E-state index in [1.807, 2.05) is 0 Å². The summed E-state index contributed by atoms with van der Waals surface area (Å²) in [6.07, 6.45) is 2.25. The minimum absolute atomic E-state index is 0.861. The van der Waals surface area contributed by atoms with E-state index in [4.69, 9.17) is 0 Å². The maximum absolute atomic E-state index is 2.37.